The van der Waals surface area contributed by atoms with Gasteiger partial charge in [-0.3, -0.25) is 9.69 Å². The van der Waals surface area contributed by atoms with Crippen LogP contribution in [0.15, 0.2) is 0 Å². The fourth-order valence-electron chi connectivity index (χ4n) is 3.43. The minimum atomic E-state index is -0.0782. The lowest BCUT2D eigenvalue weighted by molar-refractivity contribution is -0.163. The van der Waals surface area contributed by atoms with E-state index < -0.39 is 0 Å². The molecule has 0 radical (unpaired) electrons. The summed E-state index contributed by atoms with van der Waals surface area (Å²) in [5.41, 5.74) is 0. The lowest BCUT2D eigenvalue weighted by Gasteiger charge is -2.33. The second-order valence-electron chi connectivity index (χ2n) is 4.74. The average molecular weight is 211 g/mol. The first-order valence-corrected chi connectivity index (χ1v) is 5.74. The topological polar surface area (TPSA) is 38.8 Å². The van der Waals surface area contributed by atoms with E-state index in [1.807, 2.05) is 14.0 Å². The Morgan fingerprint density at radius 3 is 3.13 bits per heavy atom. The molecule has 3 fully saturated rings. The molecule has 0 spiro atoms. The van der Waals surface area contributed by atoms with E-state index in [0.29, 0.717) is 30.8 Å². The number of ketones is 1. The van der Waals surface area contributed by atoms with Gasteiger partial charge in [-0.2, -0.15) is 0 Å². The molecule has 3 rings (SSSR count). The molecular weight excluding hydrogens is 194 g/mol. The second-order valence-corrected chi connectivity index (χ2v) is 4.74. The first kappa shape index (κ1) is 9.75. The summed E-state index contributed by atoms with van der Waals surface area (Å²) in [6.45, 7) is 2.67. The Balaban J connectivity index is 1.86. The number of fused-ring (bicyclic) bond motifs is 1. The SMILES string of the molecule is CCO[C@H]1OC2CC(=O)[C@@H]3C[C@H]1[C@H]2N3C. The highest BCUT2D eigenvalue weighted by Gasteiger charge is 2.58. The minimum Gasteiger partial charge on any atom is -0.353 e. The van der Waals surface area contributed by atoms with Gasteiger partial charge < -0.3 is 9.47 Å². The average Bonchev–Trinajstić information content (AvgIpc) is 2.62. The van der Waals surface area contributed by atoms with Gasteiger partial charge in [0.1, 0.15) is 0 Å². The fraction of sp³-hybridized carbons (Fsp3) is 0.909. The lowest BCUT2D eigenvalue weighted by Crippen LogP contribution is -2.49. The number of ether oxygens (including phenoxy) is 2. The Morgan fingerprint density at radius 2 is 2.40 bits per heavy atom. The van der Waals surface area contributed by atoms with Crippen LogP contribution in [-0.4, -0.2) is 48.8 Å². The van der Waals surface area contributed by atoms with Crippen molar-refractivity contribution in [3.63, 3.8) is 0 Å². The molecule has 84 valence electrons. The summed E-state index contributed by atoms with van der Waals surface area (Å²) >= 11 is 0. The molecule has 5 atom stereocenters. The van der Waals surface area contributed by atoms with E-state index in [2.05, 4.69) is 4.90 Å². The van der Waals surface area contributed by atoms with E-state index in [-0.39, 0.29) is 18.4 Å². The summed E-state index contributed by atoms with van der Waals surface area (Å²) in [7, 11) is 2.04. The van der Waals surface area contributed by atoms with E-state index in [1.165, 1.54) is 0 Å². The van der Waals surface area contributed by atoms with Crippen LogP contribution in [0.2, 0.25) is 0 Å². The van der Waals surface area contributed by atoms with Crippen LogP contribution in [0.1, 0.15) is 19.8 Å². The van der Waals surface area contributed by atoms with Crippen molar-refractivity contribution in [2.24, 2.45) is 5.92 Å². The molecule has 4 nitrogen and oxygen atoms in total. The van der Waals surface area contributed by atoms with Crippen LogP contribution >= 0.6 is 0 Å². The van der Waals surface area contributed by atoms with Crippen molar-refractivity contribution < 1.29 is 14.3 Å². The maximum atomic E-state index is 11.8. The van der Waals surface area contributed by atoms with Crippen LogP contribution in [-0.2, 0) is 14.3 Å². The van der Waals surface area contributed by atoms with Crippen LogP contribution in [0, 0.1) is 5.92 Å². The number of likely N-dealkylation sites (N-methyl/N-ethyl adjacent to an activating group) is 1. The van der Waals surface area contributed by atoms with Gasteiger partial charge in [0, 0.05) is 25.0 Å². The zero-order chi connectivity index (χ0) is 10.6. The summed E-state index contributed by atoms with van der Waals surface area (Å²) in [6.07, 6.45) is 1.49. The van der Waals surface area contributed by atoms with Crippen LogP contribution < -0.4 is 0 Å². The molecule has 0 aliphatic carbocycles. The summed E-state index contributed by atoms with van der Waals surface area (Å²) < 4.78 is 11.4. The quantitative estimate of drug-likeness (QED) is 0.663. The number of hydrogen-bond acceptors (Lipinski definition) is 4. The molecule has 0 aromatic heterocycles. The molecule has 2 bridgehead atoms. The highest BCUT2D eigenvalue weighted by atomic mass is 16.7. The van der Waals surface area contributed by atoms with E-state index in [0.717, 1.165) is 6.42 Å². The van der Waals surface area contributed by atoms with Crippen molar-refractivity contribution in [2.45, 2.75) is 44.2 Å². The third-order valence-electron chi connectivity index (χ3n) is 4.04. The predicted molar refractivity (Wildman–Crippen MR) is 53.4 cm³/mol. The van der Waals surface area contributed by atoms with Gasteiger partial charge in [-0.25, -0.2) is 0 Å². The smallest absolute Gasteiger partial charge is 0.162 e. The molecule has 0 aromatic rings. The molecular formula is C11H17NO3. The van der Waals surface area contributed by atoms with E-state index in [4.69, 9.17) is 9.47 Å². The van der Waals surface area contributed by atoms with E-state index >= 15 is 0 Å². The van der Waals surface area contributed by atoms with Crippen molar-refractivity contribution in [1.29, 1.82) is 0 Å². The van der Waals surface area contributed by atoms with Gasteiger partial charge in [-0.1, -0.05) is 0 Å². The lowest BCUT2D eigenvalue weighted by atomic mass is 9.98. The zero-order valence-corrected chi connectivity index (χ0v) is 9.18. The Morgan fingerprint density at radius 1 is 1.60 bits per heavy atom. The third kappa shape index (κ3) is 1.22. The number of hydrogen-bond donors (Lipinski definition) is 0. The van der Waals surface area contributed by atoms with Crippen LogP contribution in [0.3, 0.4) is 0 Å². The number of rotatable bonds is 2. The fourth-order valence-corrected chi connectivity index (χ4v) is 3.43. The van der Waals surface area contributed by atoms with Crippen LogP contribution in [0.4, 0.5) is 0 Å². The number of Topliss-reactive ketones (excluding diaryl/α,β-unsaturated/α-hetero) is 1. The largest absolute Gasteiger partial charge is 0.353 e. The number of carbonyl (C=O) groups excluding carboxylic acids is 1. The van der Waals surface area contributed by atoms with E-state index in [1.54, 1.807) is 0 Å². The monoisotopic (exact) mass is 211 g/mol. The molecule has 0 saturated carbocycles. The molecule has 3 aliphatic rings. The molecule has 4 heteroatoms. The Kier molecular flexibility index (Phi) is 2.13. The first-order valence-electron chi connectivity index (χ1n) is 5.74. The van der Waals surface area contributed by atoms with Crippen molar-refractivity contribution >= 4 is 5.78 Å². The van der Waals surface area contributed by atoms with Crippen LogP contribution in [0.5, 0.6) is 0 Å². The van der Waals surface area contributed by atoms with E-state index in [9.17, 15) is 4.79 Å². The normalized spacial score (nSPS) is 48.9. The zero-order valence-electron chi connectivity index (χ0n) is 9.18. The predicted octanol–water partition coefficient (Wildman–Crippen LogP) is 0.409. The molecule has 0 amide bonds. The van der Waals surface area contributed by atoms with Crippen molar-refractivity contribution in [1.82, 2.24) is 4.90 Å². The van der Waals surface area contributed by atoms with Gasteiger partial charge in [-0.15, -0.1) is 0 Å². The molecule has 1 unspecified atom stereocenters. The molecule has 3 aliphatic heterocycles. The number of piperidine rings is 1. The summed E-state index contributed by atoms with van der Waals surface area (Å²) in [6, 6.07) is 0.535. The van der Waals surface area contributed by atoms with Crippen LogP contribution in [0.25, 0.3) is 0 Å². The standard InChI is InChI=1S/C11H17NO3/c1-3-14-11-6-4-7-8(13)5-9(15-11)10(6)12(7)2/h6-7,9-11H,3-5H2,1-2H3/t6-,7-,9?,10+,11-/m0/s1. The van der Waals surface area contributed by atoms with Gasteiger partial charge in [0.15, 0.2) is 12.1 Å². The van der Waals surface area contributed by atoms with Gasteiger partial charge in [0.2, 0.25) is 0 Å². The Bertz CT molecular complexity index is 294. The van der Waals surface area contributed by atoms with Gasteiger partial charge in [0.05, 0.1) is 12.1 Å². The molecule has 15 heavy (non-hydrogen) atoms. The minimum absolute atomic E-state index is 0.0720. The number of nitrogens with zero attached hydrogens (tertiary/aromatic N) is 1. The van der Waals surface area contributed by atoms with Crippen molar-refractivity contribution in [3.8, 4) is 0 Å². The molecule has 0 aromatic carbocycles. The summed E-state index contributed by atoms with van der Waals surface area (Å²) in [5, 5.41) is 0. The second kappa shape index (κ2) is 3.27. The maximum Gasteiger partial charge on any atom is 0.162 e. The number of carbonyl (C=O) groups is 1. The molecule has 0 N–H and O–H groups in total. The molecule has 3 heterocycles. The highest BCUT2D eigenvalue weighted by Crippen LogP contribution is 2.46. The first-order chi connectivity index (χ1) is 7.22. The van der Waals surface area contributed by atoms with Gasteiger partial charge in [-0.05, 0) is 20.4 Å². The maximum absolute atomic E-state index is 11.8. The van der Waals surface area contributed by atoms with Crippen molar-refractivity contribution in [2.75, 3.05) is 13.7 Å². The summed E-state index contributed by atoms with van der Waals surface area (Å²) in [4.78, 5) is 13.9. The molecule has 3 saturated heterocycles. The highest BCUT2D eigenvalue weighted by molar-refractivity contribution is 5.86. The Hall–Kier alpha value is -0.450. The summed E-state index contributed by atoms with van der Waals surface area (Å²) in [5.74, 6) is 0.743. The van der Waals surface area contributed by atoms with Gasteiger partial charge >= 0.3 is 0 Å². The van der Waals surface area contributed by atoms with Gasteiger partial charge in [0.25, 0.3) is 0 Å². The Labute approximate surface area is 89.5 Å². The third-order valence-corrected chi connectivity index (χ3v) is 4.04. The van der Waals surface area contributed by atoms with Crippen molar-refractivity contribution in [3.05, 3.63) is 0 Å².